The van der Waals surface area contributed by atoms with Crippen molar-refractivity contribution in [1.82, 2.24) is 8.87 Å². The van der Waals surface area contributed by atoms with Gasteiger partial charge < -0.3 is 14.4 Å². The van der Waals surface area contributed by atoms with Crippen molar-refractivity contribution in [2.24, 2.45) is 0 Å². The molecule has 2 aromatic carbocycles. The number of rotatable bonds is 4. The van der Waals surface area contributed by atoms with Crippen LogP contribution in [0.5, 0.6) is 0 Å². The van der Waals surface area contributed by atoms with E-state index >= 15 is 0 Å². The van der Waals surface area contributed by atoms with Gasteiger partial charge in [-0.15, -0.1) is 0 Å². The normalized spacial score (nSPS) is 14.4. The van der Waals surface area contributed by atoms with E-state index in [-0.39, 0.29) is 16.0 Å². The number of hydrogen-bond donors (Lipinski definition) is 0. The SMILES string of the molecule is COC(=O)c1ccc(C2=CCCN(C(=O)OC(C)(C)C)C2)c2cc(C)n(S(=O)(=O)c3ccc(C)cc3)c12. The molecule has 1 aromatic heterocycles. The summed E-state index contributed by atoms with van der Waals surface area (Å²) in [6.45, 7) is 9.85. The Labute approximate surface area is 217 Å². The van der Waals surface area contributed by atoms with Gasteiger partial charge in [-0.3, -0.25) is 0 Å². The number of fused-ring (bicyclic) bond motifs is 1. The number of amides is 1. The van der Waals surface area contributed by atoms with E-state index < -0.39 is 27.7 Å². The Kier molecular flexibility index (Phi) is 6.94. The number of methoxy groups -OCH3 is 1. The van der Waals surface area contributed by atoms with Crippen LogP contribution in [0, 0.1) is 13.8 Å². The van der Waals surface area contributed by atoms with Gasteiger partial charge in [0.25, 0.3) is 10.0 Å². The van der Waals surface area contributed by atoms with Crippen LogP contribution in [0.2, 0.25) is 0 Å². The van der Waals surface area contributed by atoms with Crippen LogP contribution in [0.3, 0.4) is 0 Å². The van der Waals surface area contributed by atoms with Gasteiger partial charge in [0, 0.05) is 24.2 Å². The maximum atomic E-state index is 13.8. The number of carbonyl (C=O) groups is 2. The molecule has 0 bridgehead atoms. The van der Waals surface area contributed by atoms with Crippen molar-refractivity contribution in [2.45, 2.75) is 51.5 Å². The molecule has 3 aromatic rings. The first-order valence-corrected chi connectivity index (χ1v) is 13.5. The Morgan fingerprint density at radius 1 is 1.00 bits per heavy atom. The van der Waals surface area contributed by atoms with Crippen molar-refractivity contribution < 1.29 is 27.5 Å². The molecule has 37 heavy (non-hydrogen) atoms. The molecule has 4 rings (SSSR count). The molecule has 0 unspecified atom stereocenters. The van der Waals surface area contributed by atoms with Crippen molar-refractivity contribution in [1.29, 1.82) is 0 Å². The van der Waals surface area contributed by atoms with Crippen LogP contribution in [-0.4, -0.2) is 55.2 Å². The van der Waals surface area contributed by atoms with E-state index in [1.807, 2.05) is 33.8 Å². The van der Waals surface area contributed by atoms with Gasteiger partial charge in [0.1, 0.15) is 5.60 Å². The van der Waals surface area contributed by atoms with Gasteiger partial charge in [-0.25, -0.2) is 22.0 Å². The Bertz CT molecular complexity index is 1510. The van der Waals surface area contributed by atoms with Gasteiger partial charge in [0.05, 0.1) is 23.1 Å². The standard InChI is InChI=1S/C28H32N2O6S/c1-18-9-11-21(12-10-18)37(33,34)30-19(2)16-24-22(13-14-23(25(24)30)26(31)35-6)20-8-7-15-29(17-20)27(32)36-28(3,4)5/h8-14,16H,7,15,17H2,1-6H3. The lowest BCUT2D eigenvalue weighted by molar-refractivity contribution is 0.0273. The van der Waals surface area contributed by atoms with Gasteiger partial charge >= 0.3 is 12.1 Å². The maximum absolute atomic E-state index is 13.8. The number of carbonyl (C=O) groups excluding carboxylic acids is 2. The highest BCUT2D eigenvalue weighted by atomic mass is 32.2. The molecule has 0 saturated carbocycles. The summed E-state index contributed by atoms with van der Waals surface area (Å²) in [6.07, 6.45) is 2.25. The first-order chi connectivity index (χ1) is 17.3. The van der Waals surface area contributed by atoms with Crippen molar-refractivity contribution in [3.8, 4) is 0 Å². The number of esters is 1. The van der Waals surface area contributed by atoms with Gasteiger partial charge in [-0.2, -0.15) is 0 Å². The van der Waals surface area contributed by atoms with Crippen LogP contribution in [-0.2, 0) is 19.5 Å². The topological polar surface area (TPSA) is 94.9 Å². The molecule has 8 nitrogen and oxygen atoms in total. The molecule has 1 aliphatic rings. The van der Waals surface area contributed by atoms with Crippen LogP contribution < -0.4 is 0 Å². The minimum Gasteiger partial charge on any atom is -0.465 e. The summed E-state index contributed by atoms with van der Waals surface area (Å²) in [6, 6.07) is 11.7. The van der Waals surface area contributed by atoms with E-state index in [1.54, 1.807) is 54.3 Å². The van der Waals surface area contributed by atoms with Crippen LogP contribution in [0.15, 0.2) is 53.4 Å². The first-order valence-electron chi connectivity index (χ1n) is 12.1. The van der Waals surface area contributed by atoms with Crippen molar-refractivity contribution in [2.75, 3.05) is 20.2 Å². The Morgan fingerprint density at radius 2 is 1.68 bits per heavy atom. The number of ether oxygens (including phenoxy) is 2. The zero-order valence-corrected chi connectivity index (χ0v) is 22.8. The van der Waals surface area contributed by atoms with E-state index in [0.29, 0.717) is 30.6 Å². The van der Waals surface area contributed by atoms with Crippen LogP contribution in [0.1, 0.15) is 54.4 Å². The molecule has 0 saturated heterocycles. The lowest BCUT2D eigenvalue weighted by Gasteiger charge is -2.30. The highest BCUT2D eigenvalue weighted by molar-refractivity contribution is 7.90. The predicted molar refractivity (Wildman–Crippen MR) is 142 cm³/mol. The molecule has 0 atom stereocenters. The highest BCUT2D eigenvalue weighted by Crippen LogP contribution is 2.35. The number of hydrogen-bond acceptors (Lipinski definition) is 6. The predicted octanol–water partition coefficient (Wildman–Crippen LogP) is 5.31. The van der Waals surface area contributed by atoms with Crippen molar-refractivity contribution in [3.05, 3.63) is 70.9 Å². The largest absolute Gasteiger partial charge is 0.465 e. The first kappa shape index (κ1) is 26.5. The fourth-order valence-corrected chi connectivity index (χ4v) is 6.08. The number of benzene rings is 2. The third-order valence-electron chi connectivity index (χ3n) is 6.21. The van der Waals surface area contributed by atoms with E-state index in [1.165, 1.54) is 11.1 Å². The molecule has 0 N–H and O–H groups in total. The summed E-state index contributed by atoms with van der Waals surface area (Å²) in [5.41, 5.74) is 2.76. The van der Waals surface area contributed by atoms with Crippen molar-refractivity contribution in [3.63, 3.8) is 0 Å². The Morgan fingerprint density at radius 3 is 2.30 bits per heavy atom. The second-order valence-corrected chi connectivity index (χ2v) is 12.0. The summed E-state index contributed by atoms with van der Waals surface area (Å²) < 4.78 is 39.3. The molecule has 0 fully saturated rings. The van der Waals surface area contributed by atoms with Gasteiger partial charge in [-0.05, 0) is 76.4 Å². The second kappa shape index (κ2) is 9.70. The fraction of sp³-hybridized carbons (Fsp3) is 0.357. The van der Waals surface area contributed by atoms with Crippen LogP contribution >= 0.6 is 0 Å². The molecule has 2 heterocycles. The Balaban J connectivity index is 1.88. The minimum atomic E-state index is -4.02. The van der Waals surface area contributed by atoms with E-state index in [0.717, 1.165) is 16.7 Å². The zero-order chi connectivity index (χ0) is 27.1. The van der Waals surface area contributed by atoms with Crippen LogP contribution in [0.25, 0.3) is 16.5 Å². The lowest BCUT2D eigenvalue weighted by Crippen LogP contribution is -2.39. The molecule has 0 radical (unpaired) electrons. The Hall–Kier alpha value is -3.59. The second-order valence-electron chi connectivity index (χ2n) is 10.2. The monoisotopic (exact) mass is 524 g/mol. The molecule has 0 aliphatic carbocycles. The number of nitrogens with zero attached hydrogens (tertiary/aromatic N) is 2. The average molecular weight is 525 g/mol. The van der Waals surface area contributed by atoms with Gasteiger partial charge in [-0.1, -0.05) is 29.8 Å². The third-order valence-corrected chi connectivity index (χ3v) is 8.03. The van der Waals surface area contributed by atoms with Crippen LogP contribution in [0.4, 0.5) is 4.79 Å². The highest BCUT2D eigenvalue weighted by Gasteiger charge is 2.29. The summed E-state index contributed by atoms with van der Waals surface area (Å²) in [7, 11) is -2.76. The number of aryl methyl sites for hydroxylation is 2. The van der Waals surface area contributed by atoms with Gasteiger partial charge in [0.15, 0.2) is 0 Å². The molecule has 1 aliphatic heterocycles. The quantitative estimate of drug-likeness (QED) is 0.430. The molecule has 1 amide bonds. The molecular formula is C28H32N2O6S. The minimum absolute atomic E-state index is 0.118. The summed E-state index contributed by atoms with van der Waals surface area (Å²) in [5.74, 6) is -0.636. The van der Waals surface area contributed by atoms with Gasteiger partial charge in [0.2, 0.25) is 0 Å². The zero-order valence-electron chi connectivity index (χ0n) is 22.0. The fourth-order valence-electron chi connectivity index (χ4n) is 4.52. The van der Waals surface area contributed by atoms with E-state index in [9.17, 15) is 18.0 Å². The molecule has 196 valence electrons. The van der Waals surface area contributed by atoms with Crippen molar-refractivity contribution >= 4 is 38.6 Å². The molecular weight excluding hydrogens is 492 g/mol. The smallest absolute Gasteiger partial charge is 0.410 e. The maximum Gasteiger partial charge on any atom is 0.410 e. The average Bonchev–Trinajstić information content (AvgIpc) is 3.19. The summed E-state index contributed by atoms with van der Waals surface area (Å²) in [4.78, 5) is 27.2. The van der Waals surface area contributed by atoms with E-state index in [4.69, 9.17) is 9.47 Å². The summed E-state index contributed by atoms with van der Waals surface area (Å²) in [5, 5.41) is 0.591. The summed E-state index contributed by atoms with van der Waals surface area (Å²) >= 11 is 0. The molecule has 0 spiro atoms. The number of aromatic nitrogens is 1. The van der Waals surface area contributed by atoms with E-state index in [2.05, 4.69) is 0 Å². The lowest BCUT2D eigenvalue weighted by atomic mass is 9.96. The third kappa shape index (κ3) is 5.13. The molecule has 9 heteroatoms.